The Labute approximate surface area is 259 Å². The van der Waals surface area contributed by atoms with Crippen LogP contribution in [-0.2, 0) is 15.3 Å². The fourth-order valence-corrected chi connectivity index (χ4v) is 7.34. The first-order valence-corrected chi connectivity index (χ1v) is 15.8. The van der Waals surface area contributed by atoms with Crippen LogP contribution in [0.5, 0.6) is 0 Å². The Hall–Kier alpha value is -2.53. The molecule has 7 rings (SSSR count). The van der Waals surface area contributed by atoms with E-state index in [0.717, 1.165) is 5.56 Å². The molecule has 0 aromatic heterocycles. The minimum absolute atomic E-state index is 0.0340. The minimum Gasteiger partial charge on any atom is -0.366 e. The Kier molecular flexibility index (Phi) is 8.60. The van der Waals surface area contributed by atoms with Crippen LogP contribution in [0.25, 0.3) is 0 Å². The van der Waals surface area contributed by atoms with E-state index in [9.17, 15) is 19.5 Å². The van der Waals surface area contributed by atoms with Crippen molar-refractivity contribution in [3.8, 4) is 0 Å². The van der Waals surface area contributed by atoms with Crippen molar-refractivity contribution in [1.82, 2.24) is 31.9 Å². The van der Waals surface area contributed by atoms with E-state index in [2.05, 4.69) is 37.0 Å². The van der Waals surface area contributed by atoms with Crippen molar-refractivity contribution >= 4 is 74.7 Å². The number of halogens is 2. The van der Waals surface area contributed by atoms with Crippen molar-refractivity contribution < 1.29 is 19.5 Å². The molecule has 0 bridgehead atoms. The molecule has 0 radical (unpaired) electrons. The molecule has 5 unspecified atom stereocenters. The summed E-state index contributed by atoms with van der Waals surface area (Å²) in [6.07, 6.45) is -0.549. The van der Waals surface area contributed by atoms with E-state index in [1.807, 2.05) is 0 Å². The summed E-state index contributed by atoms with van der Waals surface area (Å²) in [4.78, 5) is 46.2. The Balaban J connectivity index is 0.000000150. The molecule has 220 valence electrons. The van der Waals surface area contributed by atoms with Crippen molar-refractivity contribution in [2.75, 3.05) is 24.6 Å². The van der Waals surface area contributed by atoms with E-state index in [1.165, 1.54) is 23.5 Å². The second-order valence-corrected chi connectivity index (χ2v) is 12.8. The number of hydrogen-bond acceptors (Lipinski definition) is 12. The lowest BCUT2D eigenvalue weighted by molar-refractivity contribution is -0.129. The lowest BCUT2D eigenvalue weighted by atomic mass is 9.98. The molecule has 3 saturated heterocycles. The minimum atomic E-state index is -1.20. The number of nitrogens with zero attached hydrogens (tertiary/aromatic N) is 3. The van der Waals surface area contributed by atoms with E-state index in [-0.39, 0.29) is 47.5 Å². The average molecular weight is 650 g/mol. The van der Waals surface area contributed by atoms with Crippen molar-refractivity contribution in [3.63, 3.8) is 0 Å². The predicted octanol–water partition coefficient (Wildman–Crippen LogP) is 1.27. The third kappa shape index (κ3) is 5.83. The molecule has 0 saturated carbocycles. The molecule has 3 fully saturated rings. The van der Waals surface area contributed by atoms with Gasteiger partial charge < -0.3 is 15.3 Å². The van der Waals surface area contributed by atoms with Gasteiger partial charge in [0.25, 0.3) is 5.91 Å². The highest BCUT2D eigenvalue weighted by atomic mass is 35.5. The fraction of sp³-hybridized carbons (Fsp3) is 0.346. The number of carbonyl (C=O) groups excluding carboxylic acids is 3. The normalized spacial score (nSPS) is 29.5. The molecule has 0 aliphatic carbocycles. The number of aliphatic hydroxyl groups is 1. The molecule has 5 aliphatic heterocycles. The monoisotopic (exact) mass is 648 g/mol. The lowest BCUT2D eigenvalue weighted by Gasteiger charge is -2.41. The van der Waals surface area contributed by atoms with E-state index >= 15 is 0 Å². The molecule has 5 heterocycles. The van der Waals surface area contributed by atoms with Crippen LogP contribution >= 0.6 is 46.7 Å². The topological polar surface area (TPSA) is 160 Å². The molecule has 16 heteroatoms. The molecule has 5 aliphatic rings. The number of carbonyl (C=O) groups is 3. The van der Waals surface area contributed by atoms with E-state index in [1.54, 1.807) is 53.4 Å². The first-order valence-electron chi connectivity index (χ1n) is 13.0. The summed E-state index contributed by atoms with van der Waals surface area (Å²) in [6, 6.07) is 13.8. The van der Waals surface area contributed by atoms with Crippen LogP contribution in [0.4, 0.5) is 0 Å². The summed E-state index contributed by atoms with van der Waals surface area (Å²) >= 11 is 14.3. The Morgan fingerprint density at radius 2 is 1.69 bits per heavy atom. The van der Waals surface area contributed by atoms with Gasteiger partial charge in [0.1, 0.15) is 12.3 Å². The Bertz CT molecular complexity index is 1460. The lowest BCUT2D eigenvalue weighted by Crippen LogP contribution is -2.59. The van der Waals surface area contributed by atoms with Crippen molar-refractivity contribution in [3.05, 3.63) is 69.7 Å². The highest BCUT2D eigenvalue weighted by Crippen LogP contribution is 2.44. The third-order valence-electron chi connectivity index (χ3n) is 7.35. The number of hydrogen-bond donors (Lipinski definition) is 6. The molecule has 0 spiro atoms. The number of Topliss-reactive ketones (excluding diaryl/α,β-unsaturated/α-hetero) is 1. The number of amidine groups is 2. The van der Waals surface area contributed by atoms with E-state index in [0.29, 0.717) is 44.8 Å². The van der Waals surface area contributed by atoms with Crippen LogP contribution in [0.3, 0.4) is 0 Å². The average Bonchev–Trinajstić information content (AvgIpc) is 3.73. The zero-order chi connectivity index (χ0) is 29.4. The van der Waals surface area contributed by atoms with Crippen LogP contribution in [0.15, 0.2) is 58.5 Å². The van der Waals surface area contributed by atoms with Gasteiger partial charge in [-0.3, -0.25) is 25.2 Å². The summed E-state index contributed by atoms with van der Waals surface area (Å²) in [5, 5.41) is 16.2. The molecular weight excluding hydrogens is 623 g/mol. The Morgan fingerprint density at radius 1 is 1.02 bits per heavy atom. The van der Waals surface area contributed by atoms with Crippen molar-refractivity contribution in [1.29, 1.82) is 0 Å². The maximum absolute atomic E-state index is 12.0. The van der Waals surface area contributed by atoms with Gasteiger partial charge in [-0.2, -0.15) is 4.99 Å². The van der Waals surface area contributed by atoms with E-state index < -0.39 is 5.72 Å². The second-order valence-electron chi connectivity index (χ2n) is 10.0. The smallest absolute Gasteiger partial charge is 0.256 e. The van der Waals surface area contributed by atoms with Gasteiger partial charge in [-0.25, -0.2) is 15.8 Å². The first kappa shape index (κ1) is 29.5. The Morgan fingerprint density at radius 3 is 2.43 bits per heavy atom. The van der Waals surface area contributed by atoms with Crippen LogP contribution < -0.4 is 27.0 Å². The molecule has 42 heavy (non-hydrogen) atoms. The summed E-state index contributed by atoms with van der Waals surface area (Å²) in [5.74, 6) is -0.0941. The highest BCUT2D eigenvalue weighted by Gasteiger charge is 2.55. The number of rotatable bonds is 4. The zero-order valence-corrected chi connectivity index (χ0v) is 25.0. The molecule has 6 N–H and O–H groups in total. The van der Waals surface area contributed by atoms with Crippen LogP contribution in [0.2, 0.25) is 10.0 Å². The largest absolute Gasteiger partial charge is 0.366 e. The second kappa shape index (κ2) is 12.2. The van der Waals surface area contributed by atoms with Crippen LogP contribution in [0, 0.1) is 11.8 Å². The van der Waals surface area contributed by atoms with Crippen molar-refractivity contribution in [2.45, 2.75) is 18.1 Å². The number of benzene rings is 2. The number of fused-ring (bicyclic) bond motifs is 4. The van der Waals surface area contributed by atoms with Gasteiger partial charge in [0.05, 0.1) is 23.3 Å². The van der Waals surface area contributed by atoms with Gasteiger partial charge in [-0.15, -0.1) is 0 Å². The van der Waals surface area contributed by atoms with Gasteiger partial charge in [0, 0.05) is 34.3 Å². The predicted molar refractivity (Wildman–Crippen MR) is 163 cm³/mol. The molecule has 2 aromatic rings. The van der Waals surface area contributed by atoms with Gasteiger partial charge >= 0.3 is 0 Å². The van der Waals surface area contributed by atoms with Gasteiger partial charge in [-0.1, -0.05) is 58.9 Å². The van der Waals surface area contributed by atoms with Crippen molar-refractivity contribution in [2.24, 2.45) is 21.8 Å². The number of amides is 2. The van der Waals surface area contributed by atoms with Crippen LogP contribution in [-0.4, -0.2) is 74.9 Å². The van der Waals surface area contributed by atoms with Crippen LogP contribution in [0.1, 0.15) is 15.9 Å². The van der Waals surface area contributed by atoms with Gasteiger partial charge in [0.2, 0.25) is 5.91 Å². The maximum Gasteiger partial charge on any atom is 0.256 e. The fourth-order valence-electron chi connectivity index (χ4n) is 5.09. The summed E-state index contributed by atoms with van der Waals surface area (Å²) in [6.45, 7) is 1.07. The summed E-state index contributed by atoms with van der Waals surface area (Å²) in [5.41, 5.74) is 12.0. The molecule has 5 atom stereocenters. The summed E-state index contributed by atoms with van der Waals surface area (Å²) in [7, 11) is 0. The molecule has 2 amide bonds. The third-order valence-corrected chi connectivity index (χ3v) is 9.83. The molecule has 12 nitrogen and oxygen atoms in total. The number of aliphatic imine (C=N–C) groups is 2. The quantitative estimate of drug-likeness (QED) is 0.265. The SMILES string of the molecule is O=C(CSC1=NC2NNCC2C(=O)N1)c1ccc(Cl)cc1.O=C1N=C2SCC(O)(c3ccc(Cl)cc3)N2C2NNCC12. The first-order chi connectivity index (χ1) is 20.2. The maximum atomic E-state index is 12.0. The number of ketones is 1. The molecular formula is C26H26Cl2N8O4S2. The number of thioether (sulfide) groups is 2. The standard InChI is InChI=1S/2C13H13ClN4O2S/c14-8-3-1-7(2-4-8)13(20)6-21-12-16-11(19)9-5-15-17-10(9)18(12)13;14-8-3-1-7(2-4-8)10(19)6-21-13-16-11-9(5-15-18-11)12(20)17-13/h1-4,9-10,15,17,20H,5-6H2;1-4,9,11,15,18H,5-6H2,(H,16,17,20). The number of nitrogens with one attached hydrogen (secondary N) is 5. The van der Waals surface area contributed by atoms with Gasteiger partial charge in [-0.05, 0) is 36.4 Å². The summed E-state index contributed by atoms with van der Waals surface area (Å²) < 4.78 is 0. The van der Waals surface area contributed by atoms with Gasteiger partial charge in [0.15, 0.2) is 21.8 Å². The number of hydrazine groups is 2. The highest BCUT2D eigenvalue weighted by molar-refractivity contribution is 8.14. The zero-order valence-electron chi connectivity index (χ0n) is 21.8. The molecule has 2 aromatic carbocycles. The van der Waals surface area contributed by atoms with E-state index in [4.69, 9.17) is 23.2 Å².